The molecule has 4 aliphatic rings. The summed E-state index contributed by atoms with van der Waals surface area (Å²) in [5, 5.41) is 6.02. The minimum atomic E-state index is -1.10. The van der Waals surface area contributed by atoms with Crippen LogP contribution in [-0.2, 0) is 11.3 Å². The van der Waals surface area contributed by atoms with Crippen LogP contribution in [0.5, 0.6) is 0 Å². The number of anilines is 1. The van der Waals surface area contributed by atoms with E-state index in [1.807, 2.05) is 12.2 Å². The molecule has 6 rings (SSSR count). The van der Waals surface area contributed by atoms with E-state index in [0.717, 1.165) is 5.57 Å². The van der Waals surface area contributed by atoms with Crippen LogP contribution in [0.4, 0.5) is 10.1 Å². The van der Waals surface area contributed by atoms with Gasteiger partial charge < -0.3 is 20.5 Å². The predicted molar refractivity (Wildman–Crippen MR) is 138 cm³/mol. The molecule has 2 aliphatic heterocycles. The molecule has 2 atom stereocenters. The van der Waals surface area contributed by atoms with Crippen LogP contribution < -0.4 is 10.6 Å². The van der Waals surface area contributed by atoms with E-state index in [1.54, 1.807) is 24.3 Å². The Kier molecular flexibility index (Phi) is 5.96. The minimum absolute atomic E-state index is 0.0711. The summed E-state index contributed by atoms with van der Waals surface area (Å²) in [4.78, 5) is 52.0. The fraction of sp³-hybridized carbons (Fsp3) is 0.250. The van der Waals surface area contributed by atoms with E-state index in [9.17, 15) is 18.8 Å². The molecule has 1 fully saturated rings. The van der Waals surface area contributed by atoms with E-state index in [4.69, 9.17) is 0 Å². The van der Waals surface area contributed by atoms with E-state index in [1.165, 1.54) is 17.3 Å². The molecule has 0 spiro atoms. The van der Waals surface area contributed by atoms with Gasteiger partial charge in [0.1, 0.15) is 12.0 Å². The second-order valence-electron chi connectivity index (χ2n) is 9.42. The molecule has 4 heterocycles. The monoisotopic (exact) mass is 510 g/mol. The predicted octanol–water partition coefficient (Wildman–Crippen LogP) is 3.08. The van der Waals surface area contributed by atoms with E-state index in [-0.39, 0.29) is 37.1 Å². The molecule has 0 radical (unpaired) electrons. The SMILES string of the molecule is O=C1CN(C(=O)c2ccncc2)Cc2[nH]c(C3=CC(NC(=O)[C@@H]4C[C@@H]4F)=NCC3)c(NC3=C=C=CC=C3)c21. The van der Waals surface area contributed by atoms with Crippen LogP contribution in [0.15, 0.2) is 71.0 Å². The number of rotatable bonds is 5. The van der Waals surface area contributed by atoms with Crippen LogP contribution in [0.1, 0.15) is 44.9 Å². The number of nitrogens with one attached hydrogen (secondary N) is 3. The first-order chi connectivity index (χ1) is 18.5. The topological polar surface area (TPSA) is 120 Å². The Morgan fingerprint density at radius 1 is 1.21 bits per heavy atom. The second kappa shape index (κ2) is 9.59. The lowest BCUT2D eigenvalue weighted by molar-refractivity contribution is -0.121. The molecule has 0 bridgehead atoms. The fourth-order valence-electron chi connectivity index (χ4n) is 4.73. The number of aliphatic imine (C=N–C) groups is 1. The van der Waals surface area contributed by atoms with Crippen molar-refractivity contribution in [2.45, 2.75) is 25.6 Å². The van der Waals surface area contributed by atoms with Gasteiger partial charge in [0.2, 0.25) is 5.91 Å². The van der Waals surface area contributed by atoms with Gasteiger partial charge in [-0.15, -0.1) is 0 Å². The number of ketones is 1. The Hall–Kier alpha value is -4.78. The smallest absolute Gasteiger partial charge is 0.254 e. The van der Waals surface area contributed by atoms with Gasteiger partial charge in [0, 0.05) is 30.2 Å². The third-order valence-corrected chi connectivity index (χ3v) is 6.76. The van der Waals surface area contributed by atoms with E-state index < -0.39 is 12.1 Å². The number of hydrogen-bond donors (Lipinski definition) is 3. The van der Waals surface area contributed by atoms with Gasteiger partial charge in [0.25, 0.3) is 5.91 Å². The third-order valence-electron chi connectivity index (χ3n) is 6.76. The maximum absolute atomic E-state index is 13.4. The molecular weight excluding hydrogens is 487 g/mol. The number of dihydropyridines is 1. The number of alkyl halides is 1. The Labute approximate surface area is 217 Å². The molecule has 2 aromatic heterocycles. The normalized spacial score (nSPS) is 21.3. The van der Waals surface area contributed by atoms with Crippen molar-refractivity contribution in [3.05, 3.63) is 88.5 Å². The lowest BCUT2D eigenvalue weighted by Crippen LogP contribution is -2.39. The molecule has 190 valence electrons. The zero-order valence-corrected chi connectivity index (χ0v) is 20.3. The number of Topliss-reactive ketones (excluding diaryl/α,β-unsaturated/α-hetero) is 1. The van der Waals surface area contributed by atoms with Crippen molar-refractivity contribution in [3.8, 4) is 0 Å². The molecule has 10 heteroatoms. The number of hydrogen-bond acceptors (Lipinski definition) is 6. The number of fused-ring (bicyclic) bond motifs is 1. The van der Waals surface area contributed by atoms with E-state index in [2.05, 4.69) is 37.1 Å². The van der Waals surface area contributed by atoms with Crippen LogP contribution in [0, 0.1) is 5.92 Å². The molecular formula is C28H23FN6O3. The number of carbonyl (C=O) groups is 3. The van der Waals surface area contributed by atoms with Crippen molar-refractivity contribution in [3.63, 3.8) is 0 Å². The van der Waals surface area contributed by atoms with Crippen LogP contribution in [0.2, 0.25) is 0 Å². The number of aromatic amines is 1. The first-order valence-corrected chi connectivity index (χ1v) is 12.3. The van der Waals surface area contributed by atoms with Gasteiger partial charge in [-0.3, -0.25) is 24.4 Å². The van der Waals surface area contributed by atoms with Gasteiger partial charge >= 0.3 is 0 Å². The number of carbonyl (C=O) groups excluding carboxylic acids is 3. The van der Waals surface area contributed by atoms with Gasteiger partial charge in [0.05, 0.1) is 41.6 Å². The number of halogens is 1. The van der Waals surface area contributed by atoms with Crippen LogP contribution in [0.3, 0.4) is 0 Å². The molecule has 2 aromatic rings. The van der Waals surface area contributed by atoms with Gasteiger partial charge in [-0.25, -0.2) is 4.39 Å². The minimum Gasteiger partial charge on any atom is -0.355 e. The van der Waals surface area contributed by atoms with Crippen molar-refractivity contribution in [2.24, 2.45) is 10.9 Å². The number of pyridine rings is 1. The number of nitrogens with zero attached hydrogens (tertiary/aromatic N) is 3. The average molecular weight is 511 g/mol. The number of allylic oxidation sites excluding steroid dienone is 3. The largest absolute Gasteiger partial charge is 0.355 e. The van der Waals surface area contributed by atoms with Crippen molar-refractivity contribution >= 4 is 34.7 Å². The highest BCUT2D eigenvalue weighted by Crippen LogP contribution is 2.37. The fourth-order valence-corrected chi connectivity index (χ4v) is 4.73. The Balaban J connectivity index is 1.35. The lowest BCUT2D eigenvalue weighted by Gasteiger charge is -2.26. The van der Waals surface area contributed by atoms with Gasteiger partial charge in [-0.05, 0) is 54.5 Å². The first-order valence-electron chi connectivity index (χ1n) is 12.3. The number of H-pyrrole nitrogens is 1. The van der Waals surface area contributed by atoms with Crippen molar-refractivity contribution in [2.75, 3.05) is 18.4 Å². The third kappa shape index (κ3) is 4.54. The maximum Gasteiger partial charge on any atom is 0.254 e. The van der Waals surface area contributed by atoms with Crippen molar-refractivity contribution < 1.29 is 18.8 Å². The van der Waals surface area contributed by atoms with Gasteiger partial charge in [-0.2, -0.15) is 0 Å². The summed E-state index contributed by atoms with van der Waals surface area (Å²) in [6.07, 6.45) is 9.86. The summed E-state index contributed by atoms with van der Waals surface area (Å²) >= 11 is 0. The lowest BCUT2D eigenvalue weighted by atomic mass is 9.99. The molecule has 2 aliphatic carbocycles. The highest BCUT2D eigenvalue weighted by molar-refractivity contribution is 6.12. The summed E-state index contributed by atoms with van der Waals surface area (Å²) in [6.45, 7) is 0.560. The molecule has 0 saturated heterocycles. The van der Waals surface area contributed by atoms with Crippen LogP contribution in [0.25, 0.3) is 5.57 Å². The molecule has 2 amide bonds. The van der Waals surface area contributed by atoms with Crippen LogP contribution >= 0.6 is 0 Å². The first kappa shape index (κ1) is 23.6. The standard InChI is InChI=1S/C28H23FN6O3/c29-20-13-19(20)27(37)34-23-12-17(8-11-31-23)25-26(32-18-4-2-1-3-5-18)24-21(33-25)14-35(15-22(24)36)28(38)16-6-9-30-10-7-16/h1-2,4,6-7,9-10,12,19-20,32-33H,8,11,13-15H2,(H,31,34,37)/t19-,20+/m1/s1. The summed E-state index contributed by atoms with van der Waals surface area (Å²) in [5.74, 6) is -1.12. The van der Waals surface area contributed by atoms with Gasteiger partial charge in [0.15, 0.2) is 5.78 Å². The molecule has 0 aromatic carbocycles. The summed E-state index contributed by atoms with van der Waals surface area (Å²) in [5.41, 5.74) is 10.1. The highest BCUT2D eigenvalue weighted by Gasteiger charge is 2.44. The average Bonchev–Trinajstić information content (AvgIpc) is 3.57. The number of amides is 2. The number of amidine groups is 1. The molecule has 0 unspecified atom stereocenters. The molecule has 3 N–H and O–H groups in total. The molecule has 38 heavy (non-hydrogen) atoms. The number of aromatic nitrogens is 2. The van der Waals surface area contributed by atoms with Crippen LogP contribution in [-0.4, -0.2) is 57.6 Å². The Bertz CT molecular complexity index is 1550. The summed E-state index contributed by atoms with van der Waals surface area (Å²) in [6, 6.07) is 3.23. The Morgan fingerprint density at radius 2 is 2.03 bits per heavy atom. The second-order valence-corrected chi connectivity index (χ2v) is 9.42. The highest BCUT2D eigenvalue weighted by atomic mass is 19.1. The summed E-state index contributed by atoms with van der Waals surface area (Å²) in [7, 11) is 0. The zero-order chi connectivity index (χ0) is 26.2. The Morgan fingerprint density at radius 3 is 2.76 bits per heavy atom. The quantitative estimate of drug-likeness (QED) is 0.534. The molecule has 1 saturated carbocycles. The zero-order valence-electron chi connectivity index (χ0n) is 20.3. The van der Waals surface area contributed by atoms with E-state index >= 15 is 0 Å². The maximum atomic E-state index is 13.4. The summed E-state index contributed by atoms with van der Waals surface area (Å²) < 4.78 is 13.3. The molecule has 9 nitrogen and oxygen atoms in total. The van der Waals surface area contributed by atoms with E-state index in [0.29, 0.717) is 52.7 Å². The van der Waals surface area contributed by atoms with Crippen molar-refractivity contribution in [1.82, 2.24) is 20.2 Å². The van der Waals surface area contributed by atoms with Crippen molar-refractivity contribution in [1.29, 1.82) is 0 Å². The van der Waals surface area contributed by atoms with Gasteiger partial charge in [-0.1, -0.05) is 11.8 Å².